The van der Waals surface area contributed by atoms with Crippen LogP contribution in [0.3, 0.4) is 0 Å². The minimum Gasteiger partial charge on any atom is -0.496 e. The van der Waals surface area contributed by atoms with Crippen molar-refractivity contribution in [2.45, 2.75) is 45.8 Å². The van der Waals surface area contributed by atoms with Crippen molar-refractivity contribution in [3.05, 3.63) is 54.1 Å². The number of amides is 2. The Morgan fingerprint density at radius 2 is 1.62 bits per heavy atom. The molecule has 0 spiro atoms. The molecule has 6 nitrogen and oxygen atoms in total. The van der Waals surface area contributed by atoms with Gasteiger partial charge in [-0.3, -0.25) is 4.79 Å². The van der Waals surface area contributed by atoms with Crippen molar-refractivity contribution in [3.8, 4) is 16.9 Å². The average Bonchev–Trinajstić information content (AvgIpc) is 2.65. The maximum Gasteiger partial charge on any atom is 0.407 e. The molecule has 0 bridgehead atoms. The van der Waals surface area contributed by atoms with Crippen LogP contribution < -0.4 is 15.4 Å². The van der Waals surface area contributed by atoms with Gasteiger partial charge in [0.25, 0.3) is 5.91 Å². The highest BCUT2D eigenvalue weighted by molar-refractivity contribution is 5.96. The molecule has 0 aliphatic rings. The zero-order valence-electron chi connectivity index (χ0n) is 18.0. The minimum atomic E-state index is -0.666. The Morgan fingerprint density at radius 1 is 0.966 bits per heavy atom. The van der Waals surface area contributed by atoms with E-state index in [-0.39, 0.29) is 12.5 Å². The van der Waals surface area contributed by atoms with E-state index >= 15 is 0 Å². The third kappa shape index (κ3) is 6.82. The molecule has 0 atom stereocenters. The number of rotatable bonds is 6. The Balaban J connectivity index is 2.11. The van der Waals surface area contributed by atoms with Gasteiger partial charge in [-0.05, 0) is 58.4 Å². The van der Waals surface area contributed by atoms with E-state index < -0.39 is 17.2 Å². The van der Waals surface area contributed by atoms with Crippen LogP contribution in [0.15, 0.2) is 48.5 Å². The zero-order valence-corrected chi connectivity index (χ0v) is 18.0. The van der Waals surface area contributed by atoms with E-state index in [9.17, 15) is 9.59 Å². The number of carbonyl (C=O) groups excluding carboxylic acids is 2. The first-order chi connectivity index (χ1) is 13.5. The number of alkyl carbamates (subject to hydrolysis) is 1. The van der Waals surface area contributed by atoms with Crippen LogP contribution in [0.2, 0.25) is 0 Å². The lowest BCUT2D eigenvalue weighted by atomic mass is 10.00. The van der Waals surface area contributed by atoms with E-state index in [0.29, 0.717) is 11.3 Å². The van der Waals surface area contributed by atoms with Gasteiger partial charge in [0.2, 0.25) is 0 Å². The minimum absolute atomic E-state index is 0.231. The fourth-order valence-corrected chi connectivity index (χ4v) is 2.72. The molecular formula is C23H30N2O4. The molecule has 0 aliphatic heterocycles. The second kappa shape index (κ2) is 8.99. The van der Waals surface area contributed by atoms with Gasteiger partial charge in [-0.15, -0.1) is 0 Å². The van der Waals surface area contributed by atoms with Crippen LogP contribution in [0.1, 0.15) is 45.0 Å². The molecule has 0 unspecified atom stereocenters. The summed E-state index contributed by atoms with van der Waals surface area (Å²) in [7, 11) is 1.60. The lowest BCUT2D eigenvalue weighted by molar-refractivity contribution is 0.0509. The highest BCUT2D eigenvalue weighted by atomic mass is 16.6. The fraction of sp³-hybridized carbons (Fsp3) is 0.391. The SMILES string of the molecule is COc1ccc(C(=O)NC(C)(C)CNC(=O)OC(C)(C)C)cc1-c1ccccc1. The summed E-state index contributed by atoms with van der Waals surface area (Å²) in [5, 5.41) is 5.65. The standard InChI is InChI=1S/C23H30N2O4/c1-22(2,3)29-21(27)24-15-23(4,5)25-20(26)17-12-13-19(28-6)18(14-17)16-10-8-7-9-11-16/h7-14H,15H2,1-6H3,(H,24,27)(H,25,26). The van der Waals surface area contributed by atoms with Gasteiger partial charge in [-0.2, -0.15) is 0 Å². The molecule has 2 aromatic rings. The van der Waals surface area contributed by atoms with Crippen LogP contribution in [0, 0.1) is 0 Å². The van der Waals surface area contributed by atoms with Crippen molar-refractivity contribution in [3.63, 3.8) is 0 Å². The Morgan fingerprint density at radius 3 is 2.21 bits per heavy atom. The topological polar surface area (TPSA) is 76.7 Å². The van der Waals surface area contributed by atoms with Crippen LogP contribution in [0.25, 0.3) is 11.1 Å². The van der Waals surface area contributed by atoms with Gasteiger partial charge in [0.1, 0.15) is 11.4 Å². The van der Waals surface area contributed by atoms with Gasteiger partial charge in [-0.1, -0.05) is 30.3 Å². The highest BCUT2D eigenvalue weighted by Crippen LogP contribution is 2.30. The molecule has 0 heterocycles. The molecule has 2 rings (SSSR count). The normalized spacial score (nSPS) is 11.5. The summed E-state index contributed by atoms with van der Waals surface area (Å²) < 4.78 is 10.7. The number of methoxy groups -OCH3 is 1. The first-order valence-electron chi connectivity index (χ1n) is 9.53. The number of nitrogens with one attached hydrogen (secondary N) is 2. The van der Waals surface area contributed by atoms with Crippen molar-refractivity contribution < 1.29 is 19.1 Å². The van der Waals surface area contributed by atoms with E-state index in [4.69, 9.17) is 9.47 Å². The van der Waals surface area contributed by atoms with Crippen LogP contribution in [-0.4, -0.2) is 36.8 Å². The predicted molar refractivity (Wildman–Crippen MR) is 114 cm³/mol. The highest BCUT2D eigenvalue weighted by Gasteiger charge is 2.24. The van der Waals surface area contributed by atoms with Crippen LogP contribution in [-0.2, 0) is 4.74 Å². The second-order valence-electron chi connectivity index (χ2n) is 8.47. The quantitative estimate of drug-likeness (QED) is 0.756. The molecule has 2 N–H and O–H groups in total. The fourth-order valence-electron chi connectivity index (χ4n) is 2.72. The summed E-state index contributed by atoms with van der Waals surface area (Å²) in [6, 6.07) is 15.1. The van der Waals surface area contributed by atoms with Gasteiger partial charge in [0.05, 0.1) is 12.6 Å². The monoisotopic (exact) mass is 398 g/mol. The molecule has 156 valence electrons. The maximum atomic E-state index is 12.8. The van der Waals surface area contributed by atoms with Crippen LogP contribution >= 0.6 is 0 Å². The van der Waals surface area contributed by atoms with Gasteiger partial charge < -0.3 is 20.1 Å². The molecule has 0 fully saturated rings. The van der Waals surface area contributed by atoms with E-state index in [1.165, 1.54) is 0 Å². The number of hydrogen-bond donors (Lipinski definition) is 2. The molecule has 6 heteroatoms. The van der Waals surface area contributed by atoms with Crippen molar-refractivity contribution >= 4 is 12.0 Å². The van der Waals surface area contributed by atoms with Gasteiger partial charge in [-0.25, -0.2) is 4.79 Å². The summed E-state index contributed by atoms with van der Waals surface area (Å²) in [6.07, 6.45) is -0.518. The molecule has 0 aromatic heterocycles. The number of carbonyl (C=O) groups is 2. The molecule has 29 heavy (non-hydrogen) atoms. The number of benzene rings is 2. The van der Waals surface area contributed by atoms with Crippen LogP contribution in [0.5, 0.6) is 5.75 Å². The Labute approximate surface area is 172 Å². The third-order valence-electron chi connectivity index (χ3n) is 4.07. The summed E-state index contributed by atoms with van der Waals surface area (Å²) in [4.78, 5) is 24.7. The molecule has 0 saturated heterocycles. The largest absolute Gasteiger partial charge is 0.496 e. The van der Waals surface area contributed by atoms with E-state index in [2.05, 4.69) is 10.6 Å². The van der Waals surface area contributed by atoms with Gasteiger partial charge >= 0.3 is 6.09 Å². The average molecular weight is 399 g/mol. The maximum absolute atomic E-state index is 12.8. The van der Waals surface area contributed by atoms with Crippen molar-refractivity contribution in [2.75, 3.05) is 13.7 Å². The summed E-state index contributed by atoms with van der Waals surface area (Å²) in [5.41, 5.74) is 1.07. The van der Waals surface area contributed by atoms with Crippen LogP contribution in [0.4, 0.5) is 4.79 Å². The van der Waals surface area contributed by atoms with Gasteiger partial charge in [0, 0.05) is 17.7 Å². The zero-order chi connectivity index (χ0) is 21.7. The van der Waals surface area contributed by atoms with Gasteiger partial charge in [0.15, 0.2) is 0 Å². The van der Waals surface area contributed by atoms with Crippen molar-refractivity contribution in [2.24, 2.45) is 0 Å². The van der Waals surface area contributed by atoms with E-state index in [1.54, 1.807) is 46.1 Å². The number of hydrogen-bond acceptors (Lipinski definition) is 4. The van der Waals surface area contributed by atoms with Crippen molar-refractivity contribution in [1.82, 2.24) is 10.6 Å². The molecule has 0 radical (unpaired) electrons. The molecule has 2 amide bonds. The Hall–Kier alpha value is -3.02. The first kappa shape index (κ1) is 22.3. The van der Waals surface area contributed by atoms with Crippen molar-refractivity contribution in [1.29, 1.82) is 0 Å². The Bertz CT molecular complexity index is 855. The molecule has 2 aromatic carbocycles. The van der Waals surface area contributed by atoms with E-state index in [1.807, 2.05) is 44.2 Å². The summed E-state index contributed by atoms with van der Waals surface area (Å²) >= 11 is 0. The Kier molecular flexibility index (Phi) is 6.90. The van der Waals surface area contributed by atoms with E-state index in [0.717, 1.165) is 11.1 Å². The smallest absolute Gasteiger partial charge is 0.407 e. The first-order valence-corrected chi connectivity index (χ1v) is 9.53. The lowest BCUT2D eigenvalue weighted by Gasteiger charge is -2.28. The summed E-state index contributed by atoms with van der Waals surface area (Å²) in [6.45, 7) is 9.30. The predicted octanol–water partition coefficient (Wildman–Crippen LogP) is 4.40. The number of ether oxygens (including phenoxy) is 2. The molecular weight excluding hydrogens is 368 g/mol. The second-order valence-corrected chi connectivity index (χ2v) is 8.47. The summed E-state index contributed by atoms with van der Waals surface area (Å²) in [5.74, 6) is 0.458. The lowest BCUT2D eigenvalue weighted by Crippen LogP contribution is -2.52. The molecule has 0 saturated carbocycles. The third-order valence-corrected chi connectivity index (χ3v) is 4.07. The molecule has 0 aliphatic carbocycles.